The van der Waals surface area contributed by atoms with Gasteiger partial charge in [0.1, 0.15) is 5.75 Å². The van der Waals surface area contributed by atoms with Gasteiger partial charge < -0.3 is 14.8 Å². The Morgan fingerprint density at radius 1 is 1.03 bits per heavy atom. The summed E-state index contributed by atoms with van der Waals surface area (Å²) in [6.07, 6.45) is -2.16. The number of carbonyl (C=O) groups excluding carboxylic acids is 2. The number of sulfonamides is 1. The minimum absolute atomic E-state index is 0.0955. The van der Waals surface area contributed by atoms with E-state index in [0.717, 1.165) is 0 Å². The fraction of sp³-hybridized carbons (Fsp3) is 0.222. The van der Waals surface area contributed by atoms with Gasteiger partial charge >= 0.3 is 5.97 Å². The van der Waals surface area contributed by atoms with Crippen molar-refractivity contribution in [1.29, 1.82) is 0 Å². The van der Waals surface area contributed by atoms with Gasteiger partial charge in [-0.05, 0) is 56.3 Å². The topological polar surface area (TPSA) is 125 Å². The molecule has 0 radical (unpaired) electrons. The quantitative estimate of drug-likeness (QED) is 0.611. The van der Waals surface area contributed by atoms with E-state index in [2.05, 4.69) is 5.32 Å². The van der Waals surface area contributed by atoms with Gasteiger partial charge in [-0.25, -0.2) is 18.4 Å². The number of benzene rings is 2. The third kappa shape index (κ3) is 6.60. The van der Waals surface area contributed by atoms with Crippen molar-refractivity contribution >= 4 is 50.8 Å². The van der Waals surface area contributed by atoms with Gasteiger partial charge in [0.25, 0.3) is 5.91 Å². The van der Waals surface area contributed by atoms with Crippen LogP contribution in [0.2, 0.25) is 10.0 Å². The molecule has 0 saturated carbocycles. The van der Waals surface area contributed by atoms with E-state index in [4.69, 9.17) is 37.8 Å². The van der Waals surface area contributed by atoms with Crippen LogP contribution in [0.25, 0.3) is 0 Å². The predicted molar refractivity (Wildman–Crippen MR) is 109 cm³/mol. The summed E-state index contributed by atoms with van der Waals surface area (Å²) in [5, 5.41) is 8.16. The number of carbonyl (C=O) groups is 2. The van der Waals surface area contributed by atoms with Crippen molar-refractivity contribution in [1.82, 2.24) is 0 Å². The maximum atomic E-state index is 12.2. The summed E-state index contributed by atoms with van der Waals surface area (Å²) in [5.74, 6) is -1.14. The first kappa shape index (κ1) is 23.0. The molecule has 0 spiro atoms. The summed E-state index contributed by atoms with van der Waals surface area (Å²) in [6, 6.07) is 9.74. The molecular formula is C18H18Cl2N2O6S. The first-order valence-corrected chi connectivity index (χ1v) is 10.5. The number of amides is 1. The smallest absolute Gasteiger partial charge is 0.347 e. The normalized spacial score (nSPS) is 13.3. The summed E-state index contributed by atoms with van der Waals surface area (Å²) < 4.78 is 33.0. The third-order valence-electron chi connectivity index (χ3n) is 3.64. The van der Waals surface area contributed by atoms with E-state index in [0.29, 0.717) is 10.7 Å². The maximum Gasteiger partial charge on any atom is 0.347 e. The van der Waals surface area contributed by atoms with Gasteiger partial charge in [-0.3, -0.25) is 4.79 Å². The molecular weight excluding hydrogens is 443 g/mol. The van der Waals surface area contributed by atoms with Crippen LogP contribution in [0.1, 0.15) is 13.8 Å². The number of hydrogen-bond acceptors (Lipinski definition) is 6. The number of nitrogens with one attached hydrogen (secondary N) is 1. The van der Waals surface area contributed by atoms with E-state index in [1.807, 2.05) is 0 Å². The highest BCUT2D eigenvalue weighted by Gasteiger charge is 2.24. The minimum Gasteiger partial charge on any atom is -0.477 e. The first-order valence-electron chi connectivity index (χ1n) is 8.23. The van der Waals surface area contributed by atoms with Crippen LogP contribution in [0.15, 0.2) is 47.4 Å². The lowest BCUT2D eigenvalue weighted by atomic mass is 10.3. The molecule has 1 amide bonds. The summed E-state index contributed by atoms with van der Waals surface area (Å²) in [7, 11) is -3.83. The highest BCUT2D eigenvalue weighted by molar-refractivity contribution is 7.89. The second-order valence-electron chi connectivity index (χ2n) is 5.97. The number of halogens is 2. The van der Waals surface area contributed by atoms with Crippen molar-refractivity contribution in [2.75, 3.05) is 5.32 Å². The molecule has 0 fully saturated rings. The van der Waals surface area contributed by atoms with Gasteiger partial charge in [-0.15, -0.1) is 0 Å². The van der Waals surface area contributed by atoms with Gasteiger partial charge in [0.15, 0.2) is 12.2 Å². The molecule has 3 N–H and O–H groups in total. The predicted octanol–water partition coefficient (Wildman–Crippen LogP) is 2.98. The Kier molecular flexibility index (Phi) is 7.48. The number of anilines is 1. The van der Waals surface area contributed by atoms with Crippen molar-refractivity contribution in [2.24, 2.45) is 5.14 Å². The third-order valence-corrected chi connectivity index (χ3v) is 5.10. The van der Waals surface area contributed by atoms with Crippen LogP contribution in [-0.2, 0) is 24.3 Å². The Hall–Kier alpha value is -2.33. The average Bonchev–Trinajstić information content (AvgIpc) is 2.63. The lowest BCUT2D eigenvalue weighted by molar-refractivity contribution is -0.159. The maximum absolute atomic E-state index is 12.2. The largest absolute Gasteiger partial charge is 0.477 e. The molecule has 8 nitrogen and oxygen atoms in total. The van der Waals surface area contributed by atoms with Crippen LogP contribution in [0.4, 0.5) is 5.69 Å². The molecule has 0 saturated heterocycles. The van der Waals surface area contributed by atoms with Gasteiger partial charge in [0.2, 0.25) is 10.0 Å². The molecule has 0 aliphatic heterocycles. The Morgan fingerprint density at radius 3 is 2.21 bits per heavy atom. The van der Waals surface area contributed by atoms with Crippen LogP contribution in [-0.4, -0.2) is 32.5 Å². The zero-order valence-electron chi connectivity index (χ0n) is 15.4. The lowest BCUT2D eigenvalue weighted by Gasteiger charge is -2.18. The molecule has 2 rings (SSSR count). The van der Waals surface area contributed by atoms with E-state index in [-0.39, 0.29) is 15.7 Å². The van der Waals surface area contributed by atoms with Gasteiger partial charge in [0, 0.05) is 10.7 Å². The molecule has 0 aromatic heterocycles. The van der Waals surface area contributed by atoms with E-state index in [9.17, 15) is 18.0 Å². The minimum atomic E-state index is -3.83. The lowest BCUT2D eigenvalue weighted by Crippen LogP contribution is -2.35. The van der Waals surface area contributed by atoms with Crippen LogP contribution < -0.4 is 15.2 Å². The van der Waals surface area contributed by atoms with Crippen molar-refractivity contribution < 1.29 is 27.5 Å². The molecule has 0 bridgehead atoms. The number of nitrogens with two attached hydrogens (primary N) is 1. The molecule has 2 unspecified atom stereocenters. The van der Waals surface area contributed by atoms with E-state index >= 15 is 0 Å². The van der Waals surface area contributed by atoms with E-state index in [1.54, 1.807) is 6.07 Å². The second-order valence-corrected chi connectivity index (χ2v) is 8.38. The molecule has 11 heteroatoms. The summed E-state index contributed by atoms with van der Waals surface area (Å²) >= 11 is 11.8. The summed E-state index contributed by atoms with van der Waals surface area (Å²) in [6.45, 7) is 2.83. The van der Waals surface area contributed by atoms with Gasteiger partial charge in [-0.1, -0.05) is 23.2 Å². The van der Waals surface area contributed by atoms with Crippen LogP contribution in [0.5, 0.6) is 5.75 Å². The Balaban J connectivity index is 1.93. The van der Waals surface area contributed by atoms with E-state index in [1.165, 1.54) is 50.2 Å². The molecule has 0 heterocycles. The standard InChI is InChI=1S/C18H18Cl2N2O6S/c1-10(17(23)22-13-4-6-14(7-5-13)29(21,25)26)28-18(24)11(2)27-16-8-3-12(19)9-15(16)20/h3-11H,1-2H3,(H,22,23)(H2,21,25,26). The SMILES string of the molecule is CC(OC(=O)C(C)Oc1ccc(Cl)cc1Cl)C(=O)Nc1ccc(S(N)(=O)=O)cc1. The summed E-state index contributed by atoms with van der Waals surface area (Å²) in [4.78, 5) is 24.3. The number of esters is 1. The van der Waals surface area contributed by atoms with Gasteiger partial charge in [-0.2, -0.15) is 0 Å². The average molecular weight is 461 g/mol. The molecule has 2 aromatic carbocycles. The van der Waals surface area contributed by atoms with Crippen molar-refractivity contribution in [3.05, 3.63) is 52.5 Å². The first-order chi connectivity index (χ1) is 13.5. The van der Waals surface area contributed by atoms with Crippen LogP contribution in [0.3, 0.4) is 0 Å². The second kappa shape index (κ2) is 9.45. The molecule has 0 aliphatic rings. The highest BCUT2D eigenvalue weighted by atomic mass is 35.5. The zero-order valence-corrected chi connectivity index (χ0v) is 17.7. The Labute approximate surface area is 177 Å². The number of ether oxygens (including phenoxy) is 2. The Bertz CT molecular complexity index is 1010. The number of primary sulfonamides is 1. The Morgan fingerprint density at radius 2 is 1.66 bits per heavy atom. The molecule has 2 aromatic rings. The van der Waals surface area contributed by atoms with Crippen LogP contribution >= 0.6 is 23.2 Å². The van der Waals surface area contributed by atoms with Gasteiger partial charge in [0.05, 0.1) is 9.92 Å². The molecule has 29 heavy (non-hydrogen) atoms. The fourth-order valence-corrected chi connectivity index (χ4v) is 3.07. The number of hydrogen-bond donors (Lipinski definition) is 2. The monoisotopic (exact) mass is 460 g/mol. The zero-order chi connectivity index (χ0) is 21.8. The highest BCUT2D eigenvalue weighted by Crippen LogP contribution is 2.28. The fourth-order valence-electron chi connectivity index (χ4n) is 2.10. The van der Waals surface area contributed by atoms with Crippen molar-refractivity contribution in [3.63, 3.8) is 0 Å². The molecule has 2 atom stereocenters. The molecule has 156 valence electrons. The number of rotatable bonds is 7. The van der Waals surface area contributed by atoms with Crippen LogP contribution in [0, 0.1) is 0 Å². The van der Waals surface area contributed by atoms with Crippen molar-refractivity contribution in [2.45, 2.75) is 31.0 Å². The van der Waals surface area contributed by atoms with Crippen molar-refractivity contribution in [3.8, 4) is 5.75 Å². The van der Waals surface area contributed by atoms with E-state index < -0.39 is 34.1 Å². The summed E-state index contributed by atoms with van der Waals surface area (Å²) in [5.41, 5.74) is 0.308. The molecule has 0 aliphatic carbocycles.